The summed E-state index contributed by atoms with van der Waals surface area (Å²) in [5, 5.41) is 9.20. The van der Waals surface area contributed by atoms with Crippen molar-refractivity contribution >= 4 is 40.4 Å². The number of carbonyl (C=O) groups is 2. The molecule has 2 fully saturated rings. The summed E-state index contributed by atoms with van der Waals surface area (Å²) in [5.74, 6) is -0.527. The molecule has 37 heavy (non-hydrogen) atoms. The minimum absolute atomic E-state index is 0.0405. The molecule has 2 aromatic heterocycles. The molecule has 3 heterocycles. The van der Waals surface area contributed by atoms with Crippen LogP contribution in [0.5, 0.6) is 0 Å². The minimum atomic E-state index is -0.633. The van der Waals surface area contributed by atoms with Gasteiger partial charge in [0.1, 0.15) is 5.82 Å². The number of hydrogen-bond donors (Lipinski definition) is 3. The van der Waals surface area contributed by atoms with E-state index in [0.29, 0.717) is 33.8 Å². The summed E-state index contributed by atoms with van der Waals surface area (Å²) in [4.78, 5) is 40.0. The van der Waals surface area contributed by atoms with E-state index in [1.54, 1.807) is 36.5 Å². The molecule has 2 amide bonds. The van der Waals surface area contributed by atoms with Crippen molar-refractivity contribution in [3.8, 4) is 5.69 Å². The summed E-state index contributed by atoms with van der Waals surface area (Å²) in [6.45, 7) is 1.39. The van der Waals surface area contributed by atoms with E-state index in [0.717, 1.165) is 6.54 Å². The number of nitrogens with zero attached hydrogens (tertiary/aromatic N) is 2. The Morgan fingerprint density at radius 1 is 1.14 bits per heavy atom. The van der Waals surface area contributed by atoms with E-state index in [2.05, 4.69) is 16.0 Å². The molecule has 0 unspecified atom stereocenters. The summed E-state index contributed by atoms with van der Waals surface area (Å²) in [7, 11) is 0. The van der Waals surface area contributed by atoms with Crippen molar-refractivity contribution in [2.75, 3.05) is 25.0 Å². The van der Waals surface area contributed by atoms with Gasteiger partial charge < -0.3 is 16.0 Å². The van der Waals surface area contributed by atoms with Crippen molar-refractivity contribution in [3.05, 3.63) is 80.1 Å². The fraction of sp³-hybridized carbons (Fsp3) is 0.346. The highest BCUT2D eigenvalue weighted by Crippen LogP contribution is 2.29. The van der Waals surface area contributed by atoms with Crippen LogP contribution in [0.2, 0.25) is 4.34 Å². The van der Waals surface area contributed by atoms with Gasteiger partial charge in [0.25, 0.3) is 11.5 Å². The summed E-state index contributed by atoms with van der Waals surface area (Å²) < 4.78 is 16.7. The molecule has 11 heteroatoms. The number of pyridine rings is 1. The number of halogens is 2. The molecule has 0 radical (unpaired) electrons. The van der Waals surface area contributed by atoms with Crippen LogP contribution in [0.1, 0.15) is 28.9 Å². The molecule has 1 aliphatic carbocycles. The average Bonchev–Trinajstić information content (AvgIpc) is 3.48. The van der Waals surface area contributed by atoms with Crippen LogP contribution in [0.15, 0.2) is 59.5 Å². The standard InChI is InChI=1S/C26H27ClFN5O3S/c27-22-9-8-21(37-22)26(36)30-17-11-23(29-13-16-4-5-16)32(14-17)15-24(34)31-20-7-6-18(12-19(20)28)33-10-2-1-3-25(33)35/h1-3,6-10,12,16-17,23,29H,4-5,11,13-15H2,(H,30,36)(H,31,34)/t17-,23-/m1/s1. The molecule has 2 atom stereocenters. The molecular weight excluding hydrogens is 517 g/mol. The second kappa shape index (κ2) is 11.1. The maximum absolute atomic E-state index is 14.8. The molecule has 3 N–H and O–H groups in total. The second-order valence-electron chi connectivity index (χ2n) is 9.43. The van der Waals surface area contributed by atoms with Gasteiger partial charge in [0.05, 0.1) is 33.3 Å². The van der Waals surface area contributed by atoms with Gasteiger partial charge in [0.2, 0.25) is 5.91 Å². The Labute approximate surface area is 222 Å². The number of nitrogens with one attached hydrogen (secondary N) is 3. The number of carbonyl (C=O) groups excluding carboxylic acids is 2. The first-order valence-electron chi connectivity index (χ1n) is 12.2. The minimum Gasteiger partial charge on any atom is -0.347 e. The molecule has 194 valence electrons. The molecule has 0 bridgehead atoms. The fourth-order valence-electron chi connectivity index (χ4n) is 4.48. The summed E-state index contributed by atoms with van der Waals surface area (Å²) in [6.07, 6.45) is 4.52. The Balaban J connectivity index is 1.22. The number of thiophene rings is 1. The maximum atomic E-state index is 14.8. The highest BCUT2D eigenvalue weighted by molar-refractivity contribution is 7.18. The van der Waals surface area contributed by atoms with Crippen molar-refractivity contribution in [2.24, 2.45) is 5.92 Å². The van der Waals surface area contributed by atoms with E-state index >= 15 is 0 Å². The molecule has 1 aromatic carbocycles. The lowest BCUT2D eigenvalue weighted by Crippen LogP contribution is -2.45. The van der Waals surface area contributed by atoms with Gasteiger partial charge in [-0.15, -0.1) is 11.3 Å². The van der Waals surface area contributed by atoms with Gasteiger partial charge in [-0.05, 0) is 62.1 Å². The van der Waals surface area contributed by atoms with Crippen molar-refractivity contribution in [3.63, 3.8) is 0 Å². The average molecular weight is 544 g/mol. The zero-order valence-corrected chi connectivity index (χ0v) is 21.5. The predicted molar refractivity (Wildman–Crippen MR) is 142 cm³/mol. The molecule has 8 nitrogen and oxygen atoms in total. The van der Waals surface area contributed by atoms with Crippen LogP contribution >= 0.6 is 22.9 Å². The Morgan fingerprint density at radius 3 is 2.68 bits per heavy atom. The molecule has 0 spiro atoms. The molecule has 5 rings (SSSR count). The molecule has 1 aliphatic heterocycles. The number of hydrogen-bond acceptors (Lipinski definition) is 6. The number of aromatic nitrogens is 1. The summed E-state index contributed by atoms with van der Waals surface area (Å²) in [5.41, 5.74) is 0.135. The quantitative estimate of drug-likeness (QED) is 0.384. The second-order valence-corrected chi connectivity index (χ2v) is 11.1. The van der Waals surface area contributed by atoms with Crippen LogP contribution in [0, 0.1) is 11.7 Å². The first-order chi connectivity index (χ1) is 17.9. The molecular formula is C26H27ClFN5O3S. The van der Waals surface area contributed by atoms with E-state index in [1.807, 2.05) is 4.90 Å². The first-order valence-corrected chi connectivity index (χ1v) is 13.4. The molecule has 1 saturated heterocycles. The zero-order valence-electron chi connectivity index (χ0n) is 20.0. The van der Waals surface area contributed by atoms with Crippen LogP contribution in [-0.4, -0.2) is 53.1 Å². The Morgan fingerprint density at radius 2 is 1.97 bits per heavy atom. The summed E-state index contributed by atoms with van der Waals surface area (Å²) >= 11 is 7.18. The van der Waals surface area contributed by atoms with Crippen LogP contribution in [0.4, 0.5) is 10.1 Å². The van der Waals surface area contributed by atoms with E-state index in [1.165, 1.54) is 46.9 Å². The third-order valence-corrected chi connectivity index (χ3v) is 7.78. The van der Waals surface area contributed by atoms with Gasteiger partial charge in [-0.1, -0.05) is 17.7 Å². The van der Waals surface area contributed by atoms with Gasteiger partial charge in [0, 0.05) is 30.9 Å². The van der Waals surface area contributed by atoms with Crippen molar-refractivity contribution in [1.29, 1.82) is 0 Å². The topological polar surface area (TPSA) is 95.5 Å². The van der Waals surface area contributed by atoms with Crippen LogP contribution in [0.3, 0.4) is 0 Å². The third-order valence-electron chi connectivity index (χ3n) is 6.55. The van der Waals surface area contributed by atoms with Crippen LogP contribution in [-0.2, 0) is 4.79 Å². The van der Waals surface area contributed by atoms with Gasteiger partial charge in [-0.3, -0.25) is 23.9 Å². The van der Waals surface area contributed by atoms with Crippen molar-refractivity contribution in [1.82, 2.24) is 20.1 Å². The van der Waals surface area contributed by atoms with Gasteiger partial charge in [-0.2, -0.15) is 0 Å². The molecule has 2 aliphatic rings. The highest BCUT2D eigenvalue weighted by atomic mass is 35.5. The molecule has 1 saturated carbocycles. The lowest BCUT2D eigenvalue weighted by molar-refractivity contribution is -0.117. The molecule has 3 aromatic rings. The van der Waals surface area contributed by atoms with E-state index in [-0.39, 0.29) is 41.8 Å². The van der Waals surface area contributed by atoms with Crippen LogP contribution in [0.25, 0.3) is 5.69 Å². The largest absolute Gasteiger partial charge is 0.347 e. The maximum Gasteiger partial charge on any atom is 0.261 e. The number of anilines is 1. The smallest absolute Gasteiger partial charge is 0.261 e. The number of rotatable bonds is 9. The Hall–Kier alpha value is -3.05. The lowest BCUT2D eigenvalue weighted by atomic mass is 10.2. The Bertz CT molecular complexity index is 1360. The number of amides is 2. The normalized spacial score (nSPS) is 19.6. The predicted octanol–water partition coefficient (Wildman–Crippen LogP) is 3.46. The first kappa shape index (κ1) is 25.6. The van der Waals surface area contributed by atoms with E-state index in [4.69, 9.17) is 11.6 Å². The zero-order chi connectivity index (χ0) is 25.9. The van der Waals surface area contributed by atoms with Gasteiger partial charge in [0.15, 0.2) is 0 Å². The number of benzene rings is 1. The highest BCUT2D eigenvalue weighted by Gasteiger charge is 2.35. The van der Waals surface area contributed by atoms with E-state index < -0.39 is 5.82 Å². The van der Waals surface area contributed by atoms with Gasteiger partial charge >= 0.3 is 0 Å². The van der Waals surface area contributed by atoms with Crippen molar-refractivity contribution in [2.45, 2.75) is 31.5 Å². The van der Waals surface area contributed by atoms with Crippen molar-refractivity contribution < 1.29 is 14.0 Å². The third kappa shape index (κ3) is 6.45. The fourth-order valence-corrected chi connectivity index (χ4v) is 5.43. The monoisotopic (exact) mass is 543 g/mol. The number of likely N-dealkylation sites (tertiary alicyclic amines) is 1. The SMILES string of the molecule is O=C(CN1C[C@H](NC(=O)c2ccc(Cl)s2)C[C@@H]1NCC1CC1)Nc1ccc(-n2ccccc2=O)cc1F. The van der Waals surface area contributed by atoms with E-state index in [9.17, 15) is 18.8 Å². The van der Waals surface area contributed by atoms with Crippen LogP contribution < -0.4 is 21.5 Å². The van der Waals surface area contributed by atoms with Gasteiger partial charge in [-0.25, -0.2) is 4.39 Å². The summed E-state index contributed by atoms with van der Waals surface area (Å²) in [6, 6.07) is 12.2. The Kier molecular flexibility index (Phi) is 7.71. The lowest BCUT2D eigenvalue weighted by Gasteiger charge is -2.24.